The molecule has 5 saturated heterocycles. The molecule has 0 radical (unpaired) electrons. The number of halogens is 2. The lowest BCUT2D eigenvalue weighted by Crippen LogP contribution is -2.66. The van der Waals surface area contributed by atoms with Crippen LogP contribution in [0.3, 0.4) is 0 Å². The smallest absolute Gasteiger partial charge is 0.244 e. The highest BCUT2D eigenvalue weighted by Crippen LogP contribution is 2.50. The van der Waals surface area contributed by atoms with Gasteiger partial charge in [0.15, 0.2) is 0 Å². The first-order valence-electron chi connectivity index (χ1n) is 25.8. The minimum absolute atomic E-state index is 0.0248. The molecule has 0 aliphatic carbocycles. The summed E-state index contributed by atoms with van der Waals surface area (Å²) in [7, 11) is 0. The number of epoxide rings is 1. The molecule has 7 heterocycles. The number of nitrogens with one attached hydrogen (secondary N) is 5. The SMILES string of the molecule is CC1(C)CCN(Cc2cc(F)c(N3CC(=O)NC4(CCN(c5cc(NCCCNC(=O)CCCCCCCCNc6cccc7c6CN(C6CCC(=O)NC6=O)C6OC76)ncn5)CC4)C3)cc2F)CC1. The summed E-state index contributed by atoms with van der Waals surface area (Å²) in [5.74, 6) is -0.0403. The third kappa shape index (κ3) is 12.2. The second-order valence-corrected chi connectivity index (χ2v) is 21.2. The Morgan fingerprint density at radius 3 is 2.40 bits per heavy atom. The van der Waals surface area contributed by atoms with E-state index in [1.54, 1.807) is 4.90 Å². The van der Waals surface area contributed by atoms with Crippen molar-refractivity contribution in [1.29, 1.82) is 0 Å². The molecule has 378 valence electrons. The van der Waals surface area contributed by atoms with Crippen molar-refractivity contribution in [2.75, 3.05) is 79.3 Å². The van der Waals surface area contributed by atoms with Gasteiger partial charge in [-0.1, -0.05) is 51.7 Å². The number of nitrogens with zero attached hydrogens (tertiary/aromatic N) is 6. The Morgan fingerprint density at radius 2 is 1.60 bits per heavy atom. The molecular weight excluding hydrogens is 897 g/mol. The Hall–Kier alpha value is -5.46. The summed E-state index contributed by atoms with van der Waals surface area (Å²) < 4.78 is 37.1. The predicted molar refractivity (Wildman–Crippen MR) is 264 cm³/mol. The topological polar surface area (TPSA) is 180 Å². The van der Waals surface area contributed by atoms with Gasteiger partial charge in [-0.15, -0.1) is 0 Å². The van der Waals surface area contributed by atoms with E-state index < -0.39 is 17.2 Å². The number of imide groups is 1. The van der Waals surface area contributed by atoms with Crippen molar-refractivity contribution >= 4 is 46.6 Å². The van der Waals surface area contributed by atoms with Gasteiger partial charge in [0.1, 0.15) is 41.9 Å². The highest BCUT2D eigenvalue weighted by molar-refractivity contribution is 6.00. The monoisotopic (exact) mass is 968 g/mol. The maximum atomic E-state index is 15.7. The molecule has 3 aromatic rings. The fourth-order valence-corrected chi connectivity index (χ4v) is 11.0. The molecule has 2 aromatic carbocycles. The molecule has 6 aliphatic heterocycles. The number of amides is 4. The van der Waals surface area contributed by atoms with E-state index in [-0.39, 0.29) is 59.6 Å². The number of benzene rings is 2. The van der Waals surface area contributed by atoms with Crippen molar-refractivity contribution in [3.63, 3.8) is 0 Å². The highest BCUT2D eigenvalue weighted by Gasteiger charge is 2.53. The van der Waals surface area contributed by atoms with Crippen molar-refractivity contribution in [3.05, 3.63) is 71.1 Å². The lowest BCUT2D eigenvalue weighted by atomic mass is 9.82. The first-order valence-corrected chi connectivity index (χ1v) is 25.8. The van der Waals surface area contributed by atoms with Crippen LogP contribution in [0, 0.1) is 17.0 Å². The van der Waals surface area contributed by atoms with Crippen LogP contribution in [0.15, 0.2) is 42.7 Å². The second kappa shape index (κ2) is 21.9. The molecule has 0 saturated carbocycles. The van der Waals surface area contributed by atoms with Gasteiger partial charge in [-0.25, -0.2) is 18.7 Å². The average molecular weight is 968 g/mol. The molecule has 16 nitrogen and oxygen atoms in total. The van der Waals surface area contributed by atoms with Gasteiger partial charge >= 0.3 is 0 Å². The first kappa shape index (κ1) is 49.5. The number of hydrogen-bond donors (Lipinski definition) is 5. The highest BCUT2D eigenvalue weighted by atomic mass is 19.1. The Kier molecular flexibility index (Phi) is 15.5. The molecule has 1 aromatic heterocycles. The zero-order valence-corrected chi connectivity index (χ0v) is 40.9. The number of likely N-dealkylation sites (tertiary alicyclic amines) is 1. The second-order valence-electron chi connectivity index (χ2n) is 21.2. The summed E-state index contributed by atoms with van der Waals surface area (Å²) in [6.07, 6.45) is 13.0. The van der Waals surface area contributed by atoms with Crippen LogP contribution < -0.4 is 36.4 Å². The number of carbonyl (C=O) groups is 4. The van der Waals surface area contributed by atoms with Crippen molar-refractivity contribution < 1.29 is 32.7 Å². The van der Waals surface area contributed by atoms with Gasteiger partial charge < -0.3 is 35.8 Å². The third-order valence-electron chi connectivity index (χ3n) is 15.4. The van der Waals surface area contributed by atoms with Crippen molar-refractivity contribution in [2.24, 2.45) is 5.41 Å². The van der Waals surface area contributed by atoms with E-state index in [1.807, 2.05) is 6.07 Å². The van der Waals surface area contributed by atoms with Crippen molar-refractivity contribution in [3.8, 4) is 0 Å². The Balaban J connectivity index is 0.625. The van der Waals surface area contributed by atoms with Gasteiger partial charge in [0.05, 0.1) is 23.8 Å². The number of aromatic nitrogens is 2. The zero-order valence-electron chi connectivity index (χ0n) is 40.9. The summed E-state index contributed by atoms with van der Waals surface area (Å²) in [5.41, 5.74) is 3.61. The first-order chi connectivity index (χ1) is 33.8. The van der Waals surface area contributed by atoms with Gasteiger partial charge in [0, 0.05) is 88.6 Å². The van der Waals surface area contributed by atoms with Crippen LogP contribution in [0.25, 0.3) is 0 Å². The summed E-state index contributed by atoms with van der Waals surface area (Å²) in [4.78, 5) is 67.0. The minimum atomic E-state index is -0.568. The van der Waals surface area contributed by atoms with Gasteiger partial charge in [-0.2, -0.15) is 0 Å². The number of piperidine rings is 3. The van der Waals surface area contributed by atoms with E-state index in [2.05, 4.69) is 83.3 Å². The lowest BCUT2D eigenvalue weighted by Gasteiger charge is -2.48. The molecule has 3 unspecified atom stereocenters. The van der Waals surface area contributed by atoms with Crippen LogP contribution in [0.2, 0.25) is 0 Å². The van der Waals surface area contributed by atoms with E-state index in [1.165, 1.54) is 29.6 Å². The molecule has 4 amide bonds. The van der Waals surface area contributed by atoms with E-state index in [0.29, 0.717) is 89.3 Å². The normalized spacial score (nSPS) is 23.0. The van der Waals surface area contributed by atoms with Crippen LogP contribution in [0.1, 0.15) is 127 Å². The van der Waals surface area contributed by atoms with Crippen LogP contribution in [0.5, 0.6) is 0 Å². The number of ether oxygens (including phenoxy) is 1. The number of anilines is 4. The number of rotatable bonds is 20. The molecular formula is C52H71F2N11O5. The van der Waals surface area contributed by atoms with E-state index in [9.17, 15) is 19.2 Å². The maximum absolute atomic E-state index is 15.7. The van der Waals surface area contributed by atoms with E-state index in [4.69, 9.17) is 4.74 Å². The standard InChI is InChI=1S/C52H71F2N11O5/c1-51(2)16-23-62(24-17-51)30-35-27-39(54)42(28-38(35)53)64-32-47(68)61-52(33-64)18-25-63(26-19-52)44-29-43(58-34-59-44)56-21-10-22-57-45(66)13-7-5-3-4-6-8-20-55-40-12-9-11-36-37(40)31-65(50-48(36)70-50)41-14-15-46(67)60-49(41)69/h9,11-12,27-29,34,41,48,50,55H,3-8,10,13-26,30-33H2,1-2H3,(H,57,66)(H,61,68)(H,56,58,59)(H,60,67,69). The van der Waals surface area contributed by atoms with Crippen LogP contribution in [0.4, 0.5) is 31.8 Å². The summed E-state index contributed by atoms with van der Waals surface area (Å²) in [6, 6.07) is 10.4. The van der Waals surface area contributed by atoms with E-state index >= 15 is 8.78 Å². The van der Waals surface area contributed by atoms with Gasteiger partial charge in [-0.05, 0) is 93.1 Å². The zero-order chi connectivity index (χ0) is 48.8. The summed E-state index contributed by atoms with van der Waals surface area (Å²) in [6.45, 7) is 10.9. The Bertz CT molecular complexity index is 2370. The van der Waals surface area contributed by atoms with Crippen LogP contribution in [-0.2, 0) is 37.0 Å². The Morgan fingerprint density at radius 1 is 0.829 bits per heavy atom. The predicted octanol–water partition coefficient (Wildman–Crippen LogP) is 6.13. The molecule has 18 heteroatoms. The third-order valence-corrected chi connectivity index (χ3v) is 15.4. The number of fused-ring (bicyclic) bond motifs is 3. The Labute approximate surface area is 410 Å². The average Bonchev–Trinajstić information content (AvgIpc) is 4.15. The van der Waals surface area contributed by atoms with Gasteiger partial charge in [0.25, 0.3) is 0 Å². The molecule has 0 bridgehead atoms. The summed E-state index contributed by atoms with van der Waals surface area (Å²) >= 11 is 0. The summed E-state index contributed by atoms with van der Waals surface area (Å²) in [5, 5.41) is 15.7. The molecule has 3 atom stereocenters. The molecule has 9 rings (SSSR count). The fourth-order valence-electron chi connectivity index (χ4n) is 11.0. The van der Waals surface area contributed by atoms with E-state index in [0.717, 1.165) is 88.9 Å². The molecule has 6 aliphatic rings. The van der Waals surface area contributed by atoms with Crippen molar-refractivity contribution in [2.45, 2.75) is 141 Å². The van der Waals surface area contributed by atoms with Crippen LogP contribution >= 0.6 is 0 Å². The molecule has 70 heavy (non-hydrogen) atoms. The minimum Gasteiger partial charge on any atom is -0.385 e. The molecule has 5 fully saturated rings. The number of unbranched alkanes of at least 4 members (excludes halogenated alkanes) is 5. The number of piperazine rings is 1. The molecule has 5 N–H and O–H groups in total. The van der Waals surface area contributed by atoms with Crippen LogP contribution in [-0.4, -0.2) is 120 Å². The van der Waals surface area contributed by atoms with Gasteiger partial charge in [-0.3, -0.25) is 34.3 Å². The quantitative estimate of drug-likeness (QED) is 0.0497. The molecule has 1 spiro atoms. The fraction of sp³-hybridized carbons (Fsp3) is 0.615. The number of carbonyl (C=O) groups excluding carboxylic acids is 4. The van der Waals surface area contributed by atoms with Crippen molar-refractivity contribution in [1.82, 2.24) is 35.7 Å². The largest absolute Gasteiger partial charge is 0.385 e. The maximum Gasteiger partial charge on any atom is 0.244 e. The lowest BCUT2D eigenvalue weighted by molar-refractivity contribution is -0.138. The van der Waals surface area contributed by atoms with Gasteiger partial charge in [0.2, 0.25) is 23.6 Å². The number of hydrogen-bond acceptors (Lipinski definition) is 13.